The number of likely N-dealkylation sites (tertiary alicyclic amines) is 1. The van der Waals surface area contributed by atoms with Gasteiger partial charge in [-0.25, -0.2) is 0 Å². The van der Waals surface area contributed by atoms with Gasteiger partial charge in [0.05, 0.1) is 0 Å². The van der Waals surface area contributed by atoms with Crippen LogP contribution in [0.5, 0.6) is 0 Å². The maximum absolute atomic E-state index is 12.9. The molecule has 1 saturated carbocycles. The molecule has 2 atom stereocenters. The average Bonchev–Trinajstić information content (AvgIpc) is 2.77. The third kappa shape index (κ3) is 2.42. The lowest BCUT2D eigenvalue weighted by atomic mass is 9.72. The highest BCUT2D eigenvalue weighted by Gasteiger charge is 2.47. The summed E-state index contributed by atoms with van der Waals surface area (Å²) in [6.07, 6.45) is 4.49. The van der Waals surface area contributed by atoms with E-state index in [0.717, 1.165) is 32.4 Å². The van der Waals surface area contributed by atoms with Gasteiger partial charge in [0.1, 0.15) is 5.41 Å². The highest BCUT2D eigenvalue weighted by atomic mass is 16.4. The molecule has 0 bridgehead atoms. The van der Waals surface area contributed by atoms with E-state index >= 15 is 0 Å². The molecule has 5 nitrogen and oxygen atoms in total. The van der Waals surface area contributed by atoms with E-state index in [1.165, 1.54) is 0 Å². The molecule has 0 spiro atoms. The molecular formula is C14H25N3O2. The number of nitrogens with two attached hydrogens (primary N) is 1. The second kappa shape index (κ2) is 5.39. The van der Waals surface area contributed by atoms with Crippen LogP contribution in [0, 0.1) is 17.3 Å². The summed E-state index contributed by atoms with van der Waals surface area (Å²) < 4.78 is 0. The van der Waals surface area contributed by atoms with Gasteiger partial charge in [-0.1, -0.05) is 38.3 Å². The molecule has 1 saturated heterocycles. The quantitative estimate of drug-likeness (QED) is 0.346. The molecule has 2 fully saturated rings. The van der Waals surface area contributed by atoms with Crippen LogP contribution in [0.1, 0.15) is 46.0 Å². The Kier molecular flexibility index (Phi) is 4.02. The van der Waals surface area contributed by atoms with Crippen LogP contribution in [0.15, 0.2) is 5.16 Å². The van der Waals surface area contributed by atoms with E-state index in [4.69, 9.17) is 10.9 Å². The van der Waals surface area contributed by atoms with Crippen molar-refractivity contribution >= 4 is 11.7 Å². The molecule has 2 unspecified atom stereocenters. The van der Waals surface area contributed by atoms with Gasteiger partial charge < -0.3 is 15.8 Å². The third-order valence-corrected chi connectivity index (χ3v) is 4.99. The van der Waals surface area contributed by atoms with E-state index in [1.807, 2.05) is 4.90 Å². The van der Waals surface area contributed by atoms with Gasteiger partial charge in [0.2, 0.25) is 5.91 Å². The second-order valence-electron chi connectivity index (χ2n) is 6.29. The van der Waals surface area contributed by atoms with Crippen molar-refractivity contribution in [3.63, 3.8) is 0 Å². The van der Waals surface area contributed by atoms with Crippen LogP contribution in [0.3, 0.4) is 0 Å². The third-order valence-electron chi connectivity index (χ3n) is 4.99. The van der Waals surface area contributed by atoms with Crippen LogP contribution in [0.2, 0.25) is 0 Å². The number of carbonyl (C=O) groups is 1. The fourth-order valence-corrected chi connectivity index (χ4v) is 3.43. The first-order valence-corrected chi connectivity index (χ1v) is 7.28. The van der Waals surface area contributed by atoms with E-state index in [1.54, 1.807) is 0 Å². The predicted molar refractivity (Wildman–Crippen MR) is 73.8 cm³/mol. The fourth-order valence-electron chi connectivity index (χ4n) is 3.43. The summed E-state index contributed by atoms with van der Waals surface area (Å²) in [6.45, 7) is 5.94. The second-order valence-corrected chi connectivity index (χ2v) is 6.29. The first kappa shape index (κ1) is 14.2. The topological polar surface area (TPSA) is 78.9 Å². The number of carbonyl (C=O) groups excluding carboxylic acids is 1. The van der Waals surface area contributed by atoms with E-state index in [-0.39, 0.29) is 11.7 Å². The van der Waals surface area contributed by atoms with E-state index in [9.17, 15) is 4.79 Å². The first-order valence-electron chi connectivity index (χ1n) is 7.28. The Hall–Kier alpha value is -1.26. The monoisotopic (exact) mass is 267 g/mol. The lowest BCUT2D eigenvalue weighted by molar-refractivity contribution is -0.139. The molecule has 1 amide bonds. The maximum Gasteiger partial charge on any atom is 0.236 e. The summed E-state index contributed by atoms with van der Waals surface area (Å²) in [5.41, 5.74) is 5.12. The Morgan fingerprint density at radius 2 is 1.74 bits per heavy atom. The van der Waals surface area contributed by atoms with E-state index in [0.29, 0.717) is 24.7 Å². The summed E-state index contributed by atoms with van der Waals surface area (Å²) in [5.74, 6) is 1.22. The minimum Gasteiger partial charge on any atom is -0.409 e. The molecule has 108 valence electrons. The summed E-state index contributed by atoms with van der Waals surface area (Å²) in [5, 5.41) is 12.2. The molecule has 1 aliphatic heterocycles. The van der Waals surface area contributed by atoms with Crippen molar-refractivity contribution < 1.29 is 10.0 Å². The number of oxime groups is 1. The van der Waals surface area contributed by atoms with Crippen LogP contribution in [0.4, 0.5) is 0 Å². The van der Waals surface area contributed by atoms with Crippen LogP contribution in [0.25, 0.3) is 0 Å². The highest BCUT2D eigenvalue weighted by molar-refractivity contribution is 6.06. The minimum atomic E-state index is -0.753. The molecule has 0 radical (unpaired) electrons. The summed E-state index contributed by atoms with van der Waals surface area (Å²) in [7, 11) is 0. The van der Waals surface area contributed by atoms with Crippen molar-refractivity contribution in [2.75, 3.05) is 13.1 Å². The van der Waals surface area contributed by atoms with Crippen molar-refractivity contribution in [1.82, 2.24) is 4.90 Å². The summed E-state index contributed by atoms with van der Waals surface area (Å²) >= 11 is 0. The lowest BCUT2D eigenvalue weighted by Crippen LogP contribution is -2.52. The van der Waals surface area contributed by atoms with E-state index in [2.05, 4.69) is 19.0 Å². The molecule has 0 aromatic heterocycles. The number of amides is 1. The zero-order chi connectivity index (χ0) is 14.0. The zero-order valence-electron chi connectivity index (χ0n) is 11.9. The highest BCUT2D eigenvalue weighted by Crippen LogP contribution is 2.40. The van der Waals surface area contributed by atoms with Crippen molar-refractivity contribution in [2.24, 2.45) is 28.1 Å². The Morgan fingerprint density at radius 1 is 1.21 bits per heavy atom. The van der Waals surface area contributed by atoms with Crippen molar-refractivity contribution in [2.45, 2.75) is 46.0 Å². The lowest BCUT2D eigenvalue weighted by Gasteiger charge is -2.37. The molecule has 1 aliphatic carbocycles. The molecule has 0 aromatic carbocycles. The van der Waals surface area contributed by atoms with Crippen LogP contribution >= 0.6 is 0 Å². The van der Waals surface area contributed by atoms with Crippen molar-refractivity contribution in [3.05, 3.63) is 0 Å². The Balaban J connectivity index is 2.22. The molecule has 2 aliphatic rings. The summed E-state index contributed by atoms with van der Waals surface area (Å²) in [4.78, 5) is 14.8. The molecular weight excluding hydrogens is 242 g/mol. The number of rotatable bonds is 2. The molecule has 0 aromatic rings. The van der Waals surface area contributed by atoms with Crippen LogP contribution < -0.4 is 5.73 Å². The van der Waals surface area contributed by atoms with Gasteiger partial charge in [-0.2, -0.15) is 0 Å². The number of nitrogens with zero attached hydrogens (tertiary/aromatic N) is 2. The van der Waals surface area contributed by atoms with Gasteiger partial charge in [-0.15, -0.1) is 0 Å². The van der Waals surface area contributed by atoms with Crippen molar-refractivity contribution in [3.8, 4) is 0 Å². The number of hydrogen-bond donors (Lipinski definition) is 2. The Labute approximate surface area is 114 Å². The zero-order valence-corrected chi connectivity index (χ0v) is 11.9. The maximum atomic E-state index is 12.9. The van der Waals surface area contributed by atoms with E-state index < -0.39 is 5.41 Å². The number of hydrogen-bond acceptors (Lipinski definition) is 3. The van der Waals surface area contributed by atoms with Gasteiger partial charge in [0, 0.05) is 13.1 Å². The van der Waals surface area contributed by atoms with Crippen LogP contribution in [-0.4, -0.2) is 34.9 Å². The Bertz CT molecular complexity index is 365. The largest absolute Gasteiger partial charge is 0.409 e. The Morgan fingerprint density at radius 3 is 2.21 bits per heavy atom. The molecule has 5 heteroatoms. The van der Waals surface area contributed by atoms with Gasteiger partial charge in [0.25, 0.3) is 0 Å². The van der Waals surface area contributed by atoms with Crippen molar-refractivity contribution in [1.29, 1.82) is 0 Å². The minimum absolute atomic E-state index is 0.0682. The van der Waals surface area contributed by atoms with Gasteiger partial charge in [-0.3, -0.25) is 4.79 Å². The standard InChI is InChI=1S/C14H25N3O2/c1-10-8-17(9-11(10)2)13(18)14(12(15)16-19)6-4-3-5-7-14/h10-11,19H,3-9H2,1-2H3,(H2,15,16). The smallest absolute Gasteiger partial charge is 0.236 e. The molecule has 2 rings (SSSR count). The molecule has 1 heterocycles. The summed E-state index contributed by atoms with van der Waals surface area (Å²) in [6, 6.07) is 0. The first-order chi connectivity index (χ1) is 9.01. The number of amidine groups is 1. The van der Waals surface area contributed by atoms with Crippen LogP contribution in [-0.2, 0) is 4.79 Å². The SMILES string of the molecule is CC1CN(C(=O)C2(C(N)=NO)CCCCC2)CC1C. The molecule has 19 heavy (non-hydrogen) atoms. The average molecular weight is 267 g/mol. The fraction of sp³-hybridized carbons (Fsp3) is 0.857. The predicted octanol–water partition coefficient (Wildman–Crippen LogP) is 1.80. The molecule has 3 N–H and O–H groups in total. The van der Waals surface area contributed by atoms with Gasteiger partial charge >= 0.3 is 0 Å². The normalized spacial score (nSPS) is 31.5. The van der Waals surface area contributed by atoms with Gasteiger partial charge in [-0.05, 0) is 24.7 Å². The van der Waals surface area contributed by atoms with Gasteiger partial charge in [0.15, 0.2) is 5.84 Å².